The maximum atomic E-state index is 14.5. The van der Waals surface area contributed by atoms with Crippen LogP contribution in [0.3, 0.4) is 0 Å². The Morgan fingerprint density at radius 2 is 1.09 bits per heavy atom. The van der Waals surface area contributed by atoms with Crippen molar-refractivity contribution >= 4 is 42.3 Å². The number of amides is 3. The van der Waals surface area contributed by atoms with Crippen molar-refractivity contribution in [1.82, 2.24) is 16.0 Å². The molecule has 360 valence electrons. The summed E-state index contributed by atoms with van der Waals surface area (Å²) < 4.78 is 7.22. The van der Waals surface area contributed by atoms with Gasteiger partial charge in [-0.25, -0.2) is 4.79 Å². The quantitative estimate of drug-likeness (QED) is 0.0277. The van der Waals surface area contributed by atoms with Gasteiger partial charge in [0.1, 0.15) is 12.1 Å². The van der Waals surface area contributed by atoms with E-state index in [9.17, 15) is 19.5 Å². The van der Waals surface area contributed by atoms with Crippen molar-refractivity contribution in [2.24, 2.45) is 0 Å². The third-order valence-electron chi connectivity index (χ3n) is 13.2. The Morgan fingerprint density at radius 3 is 1.60 bits per heavy atom. The molecule has 9 nitrogen and oxygen atoms in total. The third kappa shape index (κ3) is 12.2. The molecule has 0 bridgehead atoms. The minimum absolute atomic E-state index is 0.119. The normalized spacial score (nSPS) is 12.6. The van der Waals surface area contributed by atoms with Crippen molar-refractivity contribution in [3.8, 4) is 0 Å². The second kappa shape index (κ2) is 23.5. The standard InChI is InChI=1S/C60H66N4O5Si/c1-44-34-37-50(38-35-44)60(48-25-13-7-14-26-48,49-27-15-8-16-28-49)61-40-22-21-33-54(63-57(66)55(64-58(67)68)42-46-23-11-6-12-24-46)56(65)62-53-39-36-47(41-45(53)2)43-69-70(59(3,4)5,51-29-17-9-18-30-51)52-31-19-10-20-32-52/h6-20,23-32,34-39,41,54-55,61,64H,21-22,33,40,42-43H2,1-5H3,(H,62,65)(H,63,66)(H,67,68)/t54-,55-/m0/s1. The van der Waals surface area contributed by atoms with Gasteiger partial charge in [-0.3, -0.25) is 14.9 Å². The minimum Gasteiger partial charge on any atom is -0.465 e. The van der Waals surface area contributed by atoms with Crippen LogP contribution in [0.2, 0.25) is 5.04 Å². The zero-order valence-electron chi connectivity index (χ0n) is 41.0. The Hall–Kier alpha value is -7.11. The van der Waals surface area contributed by atoms with E-state index in [1.807, 2.05) is 79.7 Å². The van der Waals surface area contributed by atoms with Crippen LogP contribution in [0.5, 0.6) is 0 Å². The van der Waals surface area contributed by atoms with Crippen LogP contribution in [0, 0.1) is 13.8 Å². The second-order valence-corrected chi connectivity index (χ2v) is 23.4. The third-order valence-corrected chi connectivity index (χ3v) is 18.1. The largest absolute Gasteiger partial charge is 0.465 e. The van der Waals surface area contributed by atoms with Gasteiger partial charge in [0, 0.05) is 12.1 Å². The van der Waals surface area contributed by atoms with Crippen LogP contribution < -0.4 is 31.6 Å². The Morgan fingerprint density at radius 1 is 0.571 bits per heavy atom. The molecule has 3 amide bonds. The number of unbranched alkanes of at least 4 members (excludes halogenated alkanes) is 1. The number of aryl methyl sites for hydroxylation is 2. The second-order valence-electron chi connectivity index (χ2n) is 19.1. The van der Waals surface area contributed by atoms with Crippen LogP contribution in [0.1, 0.15) is 79.0 Å². The summed E-state index contributed by atoms with van der Waals surface area (Å²) >= 11 is 0. The molecule has 0 aromatic heterocycles. The maximum Gasteiger partial charge on any atom is 0.405 e. The summed E-state index contributed by atoms with van der Waals surface area (Å²) in [6.07, 6.45) is 0.348. The predicted molar refractivity (Wildman–Crippen MR) is 285 cm³/mol. The van der Waals surface area contributed by atoms with Gasteiger partial charge in [-0.05, 0) is 94.5 Å². The van der Waals surface area contributed by atoms with E-state index in [1.165, 1.54) is 15.9 Å². The van der Waals surface area contributed by atoms with E-state index >= 15 is 0 Å². The highest BCUT2D eigenvalue weighted by Gasteiger charge is 2.50. The zero-order valence-corrected chi connectivity index (χ0v) is 42.0. The highest BCUT2D eigenvalue weighted by molar-refractivity contribution is 6.99. The van der Waals surface area contributed by atoms with E-state index in [-0.39, 0.29) is 11.5 Å². The molecule has 5 N–H and O–H groups in total. The number of hydrogen-bond donors (Lipinski definition) is 5. The SMILES string of the molecule is Cc1ccc(C(NCCCC[C@H](NC(=O)[C@H](Cc2ccccc2)NC(=O)O)C(=O)Nc2ccc(CO[Si](c3ccccc3)(c3ccccc3)C(C)(C)C)cc2C)(c2ccccc2)c2ccccc2)cc1. The molecular weight excluding hydrogens is 885 g/mol. The van der Waals surface area contributed by atoms with Gasteiger partial charge in [0.05, 0.1) is 12.1 Å². The molecule has 0 fully saturated rings. The summed E-state index contributed by atoms with van der Waals surface area (Å²) in [5.74, 6) is -0.972. The monoisotopic (exact) mass is 950 g/mol. The Balaban J connectivity index is 1.11. The van der Waals surface area contributed by atoms with Gasteiger partial charge in [-0.2, -0.15) is 0 Å². The lowest BCUT2D eigenvalue weighted by molar-refractivity contribution is -0.128. The molecule has 0 aliphatic carbocycles. The molecule has 70 heavy (non-hydrogen) atoms. The van der Waals surface area contributed by atoms with Gasteiger partial charge < -0.3 is 25.5 Å². The van der Waals surface area contributed by atoms with Crippen molar-refractivity contribution < 1.29 is 23.9 Å². The minimum atomic E-state index is -2.80. The Labute approximate surface area is 414 Å². The lowest BCUT2D eigenvalue weighted by Gasteiger charge is -2.43. The summed E-state index contributed by atoms with van der Waals surface area (Å²) in [6, 6.07) is 63.6. The maximum absolute atomic E-state index is 14.5. The number of carbonyl (C=O) groups is 3. The van der Waals surface area contributed by atoms with E-state index in [2.05, 4.69) is 170 Å². The Kier molecular flexibility index (Phi) is 17.0. The van der Waals surface area contributed by atoms with Crippen LogP contribution in [0.25, 0.3) is 0 Å². The molecule has 2 atom stereocenters. The summed E-state index contributed by atoms with van der Waals surface area (Å²) in [5, 5.41) is 24.4. The van der Waals surface area contributed by atoms with Gasteiger partial charge in [-0.1, -0.05) is 214 Å². The molecule has 0 saturated heterocycles. The van der Waals surface area contributed by atoms with Crippen LogP contribution >= 0.6 is 0 Å². The smallest absolute Gasteiger partial charge is 0.405 e. The van der Waals surface area contributed by atoms with Crippen molar-refractivity contribution in [3.63, 3.8) is 0 Å². The molecule has 0 unspecified atom stereocenters. The molecule has 0 spiro atoms. The van der Waals surface area contributed by atoms with E-state index in [1.54, 1.807) is 0 Å². The summed E-state index contributed by atoms with van der Waals surface area (Å²) in [4.78, 5) is 40.5. The van der Waals surface area contributed by atoms with Crippen molar-refractivity contribution in [3.05, 3.63) is 233 Å². The van der Waals surface area contributed by atoms with E-state index in [4.69, 9.17) is 4.43 Å². The van der Waals surface area contributed by atoms with Crippen LogP contribution in [0.4, 0.5) is 10.5 Å². The number of rotatable bonds is 21. The van der Waals surface area contributed by atoms with Crippen molar-refractivity contribution in [1.29, 1.82) is 0 Å². The first-order valence-electron chi connectivity index (χ1n) is 24.2. The summed E-state index contributed by atoms with van der Waals surface area (Å²) in [7, 11) is -2.80. The molecule has 10 heteroatoms. The van der Waals surface area contributed by atoms with Crippen LogP contribution in [-0.2, 0) is 32.6 Å². The number of benzene rings is 7. The van der Waals surface area contributed by atoms with Crippen LogP contribution in [0.15, 0.2) is 194 Å². The predicted octanol–water partition coefficient (Wildman–Crippen LogP) is 10.4. The molecule has 0 aliphatic rings. The van der Waals surface area contributed by atoms with E-state index < -0.39 is 43.8 Å². The summed E-state index contributed by atoms with van der Waals surface area (Å²) in [6.45, 7) is 11.8. The molecule has 0 radical (unpaired) electrons. The first-order chi connectivity index (χ1) is 33.8. The molecule has 7 aromatic carbocycles. The van der Waals surface area contributed by atoms with Gasteiger partial charge in [-0.15, -0.1) is 0 Å². The number of carbonyl (C=O) groups excluding carboxylic acids is 2. The Bertz CT molecular complexity index is 2690. The highest BCUT2D eigenvalue weighted by atomic mass is 28.4. The van der Waals surface area contributed by atoms with Gasteiger partial charge in [0.25, 0.3) is 8.32 Å². The lowest BCUT2D eigenvalue weighted by atomic mass is 9.76. The molecule has 0 aliphatic heterocycles. The number of hydrogen-bond acceptors (Lipinski definition) is 5. The number of anilines is 1. The van der Waals surface area contributed by atoms with Crippen molar-refractivity contribution in [2.75, 3.05) is 11.9 Å². The fourth-order valence-electron chi connectivity index (χ4n) is 9.61. The molecular formula is C60H66N4O5Si. The first-order valence-corrected chi connectivity index (χ1v) is 26.1. The van der Waals surface area contributed by atoms with Gasteiger partial charge >= 0.3 is 6.09 Å². The number of carboxylic acid groups (broad SMARTS) is 1. The topological polar surface area (TPSA) is 129 Å². The fourth-order valence-corrected chi connectivity index (χ4v) is 14.2. The number of nitrogens with one attached hydrogen (secondary N) is 4. The van der Waals surface area contributed by atoms with Gasteiger partial charge in [0.2, 0.25) is 11.8 Å². The average Bonchev–Trinajstić information content (AvgIpc) is 3.36. The van der Waals surface area contributed by atoms with Crippen LogP contribution in [-0.4, -0.2) is 50.0 Å². The van der Waals surface area contributed by atoms with E-state index in [0.717, 1.165) is 33.4 Å². The average molecular weight is 951 g/mol. The lowest BCUT2D eigenvalue weighted by Crippen LogP contribution is -2.66. The molecule has 0 saturated carbocycles. The van der Waals surface area contributed by atoms with E-state index in [0.29, 0.717) is 38.1 Å². The molecule has 7 aromatic rings. The first kappa shape index (κ1) is 50.8. The van der Waals surface area contributed by atoms with Gasteiger partial charge in [0.15, 0.2) is 0 Å². The highest BCUT2D eigenvalue weighted by Crippen LogP contribution is 2.39. The zero-order chi connectivity index (χ0) is 49.6. The fraction of sp³-hybridized carbons (Fsp3) is 0.250. The molecule has 0 heterocycles. The summed E-state index contributed by atoms with van der Waals surface area (Å²) in [5.41, 5.74) is 7.01. The van der Waals surface area contributed by atoms with Crippen molar-refractivity contribution in [2.45, 2.75) is 89.6 Å². The molecule has 7 rings (SSSR count).